The quantitative estimate of drug-likeness (QED) is 0.422. The first-order valence-electron chi connectivity index (χ1n) is 10.1. The summed E-state index contributed by atoms with van der Waals surface area (Å²) < 4.78 is 34.0. The van der Waals surface area contributed by atoms with Crippen molar-refractivity contribution >= 4 is 31.9 Å². The second kappa shape index (κ2) is 11.3. The summed E-state index contributed by atoms with van der Waals surface area (Å²) in [5.74, 6) is 0.152. The van der Waals surface area contributed by atoms with E-state index in [9.17, 15) is 13.2 Å². The van der Waals surface area contributed by atoms with E-state index >= 15 is 0 Å². The number of sulfonamides is 1. The molecule has 0 radical (unpaired) electrons. The number of ether oxygens (including phenoxy) is 1. The maximum atomic E-state index is 12.5. The van der Waals surface area contributed by atoms with Gasteiger partial charge < -0.3 is 10.1 Å². The standard InChI is InChI=1S/C24H25BrN2O4S/c1-18(20-7-9-21(25)10-8-20)27-24(28)17-31-22-11-13-23(14-12-22)32(29,30)26-16-15-19-5-3-2-4-6-19/h2-14,18,26H,15-17H2,1H3,(H,27,28)/t18-/m1/s1. The lowest BCUT2D eigenvalue weighted by molar-refractivity contribution is -0.123. The van der Waals surface area contributed by atoms with Crippen LogP contribution in [-0.4, -0.2) is 27.5 Å². The molecule has 0 heterocycles. The summed E-state index contributed by atoms with van der Waals surface area (Å²) in [5.41, 5.74) is 2.04. The van der Waals surface area contributed by atoms with Gasteiger partial charge in [-0.3, -0.25) is 4.79 Å². The predicted molar refractivity (Wildman–Crippen MR) is 128 cm³/mol. The molecule has 3 aromatic rings. The minimum atomic E-state index is -3.62. The predicted octanol–water partition coefficient (Wildman–Crippen LogP) is 4.23. The van der Waals surface area contributed by atoms with Crippen molar-refractivity contribution in [2.75, 3.05) is 13.2 Å². The second-order valence-corrected chi connectivity index (χ2v) is 9.92. The van der Waals surface area contributed by atoms with E-state index in [1.54, 1.807) is 0 Å². The van der Waals surface area contributed by atoms with Gasteiger partial charge in [0.25, 0.3) is 5.91 Å². The van der Waals surface area contributed by atoms with E-state index < -0.39 is 10.0 Å². The molecule has 0 saturated heterocycles. The lowest BCUT2D eigenvalue weighted by Crippen LogP contribution is -2.31. The first kappa shape index (κ1) is 24.0. The van der Waals surface area contributed by atoms with Crippen molar-refractivity contribution in [2.45, 2.75) is 24.3 Å². The number of carbonyl (C=O) groups is 1. The summed E-state index contributed by atoms with van der Waals surface area (Å²) in [6, 6.07) is 23.2. The summed E-state index contributed by atoms with van der Waals surface area (Å²) in [5, 5.41) is 2.87. The molecule has 2 N–H and O–H groups in total. The Balaban J connectivity index is 1.47. The van der Waals surface area contributed by atoms with Crippen molar-refractivity contribution in [2.24, 2.45) is 0 Å². The molecular formula is C24H25BrN2O4S. The summed E-state index contributed by atoms with van der Waals surface area (Å²) >= 11 is 3.39. The minimum absolute atomic E-state index is 0.145. The molecular weight excluding hydrogens is 492 g/mol. The summed E-state index contributed by atoms with van der Waals surface area (Å²) in [6.07, 6.45) is 0.606. The Hall–Kier alpha value is -2.68. The van der Waals surface area contributed by atoms with Gasteiger partial charge in [-0.1, -0.05) is 58.4 Å². The van der Waals surface area contributed by atoms with Crippen LogP contribution < -0.4 is 14.8 Å². The summed E-state index contributed by atoms with van der Waals surface area (Å²) in [6.45, 7) is 2.04. The number of amides is 1. The van der Waals surface area contributed by atoms with E-state index in [4.69, 9.17) is 4.74 Å². The number of benzene rings is 3. The Morgan fingerprint density at radius 2 is 1.62 bits per heavy atom. The number of halogens is 1. The van der Waals surface area contributed by atoms with Crippen molar-refractivity contribution in [1.29, 1.82) is 0 Å². The molecule has 0 saturated carbocycles. The van der Waals surface area contributed by atoms with Gasteiger partial charge in [-0.15, -0.1) is 0 Å². The van der Waals surface area contributed by atoms with Crippen LogP contribution in [0.15, 0.2) is 88.2 Å². The van der Waals surface area contributed by atoms with Gasteiger partial charge in [-0.25, -0.2) is 13.1 Å². The molecule has 0 unspecified atom stereocenters. The lowest BCUT2D eigenvalue weighted by atomic mass is 10.1. The Morgan fingerprint density at radius 1 is 0.969 bits per heavy atom. The second-order valence-electron chi connectivity index (χ2n) is 7.23. The van der Waals surface area contributed by atoms with Gasteiger partial charge in [0, 0.05) is 11.0 Å². The molecule has 0 aliphatic heterocycles. The summed E-state index contributed by atoms with van der Waals surface area (Å²) in [4.78, 5) is 12.3. The van der Waals surface area contributed by atoms with Crippen molar-refractivity contribution in [3.63, 3.8) is 0 Å². The molecule has 3 rings (SSSR count). The first-order chi connectivity index (χ1) is 15.3. The van der Waals surface area contributed by atoms with Crippen molar-refractivity contribution < 1.29 is 17.9 Å². The zero-order valence-corrected chi connectivity index (χ0v) is 20.0. The van der Waals surface area contributed by atoms with Gasteiger partial charge in [-0.2, -0.15) is 0 Å². The number of hydrogen-bond acceptors (Lipinski definition) is 4. The van der Waals surface area contributed by atoms with Crippen LogP contribution in [0.5, 0.6) is 5.75 Å². The highest BCUT2D eigenvalue weighted by molar-refractivity contribution is 9.10. The third kappa shape index (κ3) is 7.19. The first-order valence-corrected chi connectivity index (χ1v) is 12.4. The van der Waals surface area contributed by atoms with Gasteiger partial charge >= 0.3 is 0 Å². The Kier molecular flexibility index (Phi) is 8.44. The molecule has 3 aromatic carbocycles. The molecule has 0 aliphatic rings. The molecule has 0 bridgehead atoms. The SMILES string of the molecule is C[C@@H](NC(=O)COc1ccc(S(=O)(=O)NCCc2ccccc2)cc1)c1ccc(Br)cc1. The van der Waals surface area contributed by atoms with Crippen LogP contribution in [-0.2, 0) is 21.2 Å². The van der Waals surface area contributed by atoms with Crippen LogP contribution in [0.25, 0.3) is 0 Å². The molecule has 0 spiro atoms. The number of hydrogen-bond donors (Lipinski definition) is 2. The van der Waals surface area contributed by atoms with Gasteiger partial charge in [0.05, 0.1) is 10.9 Å². The molecule has 8 heteroatoms. The normalized spacial score (nSPS) is 12.2. The maximum Gasteiger partial charge on any atom is 0.258 e. The van der Waals surface area contributed by atoms with E-state index in [0.29, 0.717) is 18.7 Å². The molecule has 0 aliphatic carbocycles. The van der Waals surface area contributed by atoms with Gasteiger partial charge in [0.1, 0.15) is 5.75 Å². The summed E-state index contributed by atoms with van der Waals surface area (Å²) in [7, 11) is -3.62. The Labute approximate surface area is 197 Å². The van der Waals surface area contributed by atoms with E-state index in [2.05, 4.69) is 26.0 Å². The fourth-order valence-electron chi connectivity index (χ4n) is 3.04. The molecule has 0 aromatic heterocycles. The van der Waals surface area contributed by atoms with Gasteiger partial charge in [0.15, 0.2) is 6.61 Å². The topological polar surface area (TPSA) is 84.5 Å². The van der Waals surface area contributed by atoms with Crippen LogP contribution in [0, 0.1) is 0 Å². The molecule has 32 heavy (non-hydrogen) atoms. The van der Waals surface area contributed by atoms with Crippen LogP contribution in [0.4, 0.5) is 0 Å². The monoisotopic (exact) mass is 516 g/mol. The fourth-order valence-corrected chi connectivity index (χ4v) is 4.34. The number of carbonyl (C=O) groups excluding carboxylic acids is 1. The molecule has 168 valence electrons. The average Bonchev–Trinajstić information content (AvgIpc) is 2.79. The van der Waals surface area contributed by atoms with Crippen LogP contribution >= 0.6 is 15.9 Å². The highest BCUT2D eigenvalue weighted by Crippen LogP contribution is 2.18. The van der Waals surface area contributed by atoms with E-state index in [1.165, 1.54) is 24.3 Å². The van der Waals surface area contributed by atoms with Crippen molar-refractivity contribution in [1.82, 2.24) is 10.0 Å². The molecule has 6 nitrogen and oxygen atoms in total. The molecule has 1 atom stereocenters. The van der Waals surface area contributed by atoms with Crippen LogP contribution in [0.2, 0.25) is 0 Å². The smallest absolute Gasteiger partial charge is 0.258 e. The van der Waals surface area contributed by atoms with E-state index in [1.807, 2.05) is 61.5 Å². The Morgan fingerprint density at radius 3 is 2.28 bits per heavy atom. The van der Waals surface area contributed by atoms with Gasteiger partial charge in [0.2, 0.25) is 10.0 Å². The lowest BCUT2D eigenvalue weighted by Gasteiger charge is -2.15. The largest absolute Gasteiger partial charge is 0.484 e. The Bertz CT molecular complexity index is 1120. The van der Waals surface area contributed by atoms with Crippen molar-refractivity contribution in [3.05, 3.63) is 94.5 Å². The van der Waals surface area contributed by atoms with Crippen molar-refractivity contribution in [3.8, 4) is 5.75 Å². The average molecular weight is 517 g/mol. The number of rotatable bonds is 10. The highest BCUT2D eigenvalue weighted by Gasteiger charge is 2.14. The zero-order chi connectivity index (χ0) is 23.0. The molecule has 1 amide bonds. The van der Waals surface area contributed by atoms with Crippen LogP contribution in [0.1, 0.15) is 24.1 Å². The highest BCUT2D eigenvalue weighted by atomic mass is 79.9. The van der Waals surface area contributed by atoms with E-state index in [-0.39, 0.29) is 23.5 Å². The van der Waals surface area contributed by atoms with Gasteiger partial charge in [-0.05, 0) is 60.9 Å². The zero-order valence-electron chi connectivity index (χ0n) is 17.6. The van der Waals surface area contributed by atoms with E-state index in [0.717, 1.165) is 15.6 Å². The fraction of sp³-hybridized carbons (Fsp3) is 0.208. The minimum Gasteiger partial charge on any atom is -0.484 e. The number of nitrogens with one attached hydrogen (secondary N) is 2. The third-order valence-electron chi connectivity index (χ3n) is 4.80. The maximum absolute atomic E-state index is 12.5. The third-order valence-corrected chi connectivity index (χ3v) is 6.81. The van der Waals surface area contributed by atoms with Crippen LogP contribution in [0.3, 0.4) is 0 Å². The molecule has 0 fully saturated rings.